The lowest BCUT2D eigenvalue weighted by atomic mass is 9.89. The van der Waals surface area contributed by atoms with E-state index in [0.29, 0.717) is 25.3 Å². The van der Waals surface area contributed by atoms with Crippen molar-refractivity contribution >= 4 is 15.9 Å². The minimum Gasteiger partial charge on any atom is -0.508 e. The van der Waals surface area contributed by atoms with E-state index >= 15 is 0 Å². The molecule has 1 N–H and O–H groups in total. The SMILES string of the molecule is CCCc1cccc(Cc2cc(C[C@@H]3CS(=O)(=O)C[C@H]4[C@H]3OC(=O)N4Cc3cccc(C4CC4)c3)ccc2O)c1. The van der Waals surface area contributed by atoms with Crippen molar-refractivity contribution in [3.05, 3.63) is 100 Å². The number of aryl methyl sites for hydroxylation is 1. The number of benzene rings is 3. The Morgan fingerprint density at radius 3 is 2.50 bits per heavy atom. The summed E-state index contributed by atoms with van der Waals surface area (Å²) in [5, 5.41) is 10.6. The van der Waals surface area contributed by atoms with Crippen molar-refractivity contribution in [1.29, 1.82) is 0 Å². The van der Waals surface area contributed by atoms with Gasteiger partial charge >= 0.3 is 6.09 Å². The number of sulfone groups is 1. The van der Waals surface area contributed by atoms with Gasteiger partial charge in [0.25, 0.3) is 0 Å². The number of carbonyl (C=O) groups is 1. The van der Waals surface area contributed by atoms with Crippen molar-refractivity contribution < 1.29 is 23.1 Å². The molecule has 3 aromatic carbocycles. The lowest BCUT2D eigenvalue weighted by Gasteiger charge is -2.34. The highest BCUT2D eigenvalue weighted by atomic mass is 32.2. The van der Waals surface area contributed by atoms with E-state index in [-0.39, 0.29) is 23.2 Å². The zero-order valence-corrected chi connectivity index (χ0v) is 23.8. The third-order valence-corrected chi connectivity index (χ3v) is 10.3. The van der Waals surface area contributed by atoms with E-state index < -0.39 is 28.1 Å². The van der Waals surface area contributed by atoms with Gasteiger partial charge in [0.2, 0.25) is 0 Å². The molecule has 6 rings (SSSR count). The molecule has 2 aliphatic heterocycles. The Labute approximate surface area is 236 Å². The van der Waals surface area contributed by atoms with Crippen LogP contribution in [0.3, 0.4) is 0 Å². The predicted octanol–water partition coefficient (Wildman–Crippen LogP) is 5.79. The topological polar surface area (TPSA) is 83.9 Å². The average molecular weight is 560 g/mol. The maximum absolute atomic E-state index is 13.1. The summed E-state index contributed by atoms with van der Waals surface area (Å²) in [5.41, 5.74) is 6.45. The largest absolute Gasteiger partial charge is 0.508 e. The molecule has 2 heterocycles. The second-order valence-electron chi connectivity index (χ2n) is 11.8. The molecule has 0 radical (unpaired) electrons. The highest BCUT2D eigenvalue weighted by molar-refractivity contribution is 7.91. The summed E-state index contributed by atoms with van der Waals surface area (Å²) in [6.07, 6.45) is 4.62. The summed E-state index contributed by atoms with van der Waals surface area (Å²) in [7, 11) is -3.37. The summed E-state index contributed by atoms with van der Waals surface area (Å²) < 4.78 is 32.0. The molecule has 1 saturated carbocycles. The number of rotatable bonds is 9. The van der Waals surface area contributed by atoms with E-state index in [0.717, 1.165) is 35.1 Å². The lowest BCUT2D eigenvalue weighted by Crippen LogP contribution is -2.51. The first-order chi connectivity index (χ1) is 19.3. The molecule has 3 fully saturated rings. The molecule has 1 amide bonds. The van der Waals surface area contributed by atoms with Gasteiger partial charge in [-0.25, -0.2) is 13.2 Å². The van der Waals surface area contributed by atoms with Gasteiger partial charge in [-0.3, -0.25) is 4.90 Å². The van der Waals surface area contributed by atoms with E-state index in [2.05, 4.69) is 43.3 Å². The molecule has 0 spiro atoms. The molecule has 210 valence electrons. The van der Waals surface area contributed by atoms with Crippen LogP contribution in [0.15, 0.2) is 66.7 Å². The smallest absolute Gasteiger partial charge is 0.410 e. The van der Waals surface area contributed by atoms with Gasteiger partial charge in [-0.05, 0) is 71.0 Å². The zero-order valence-electron chi connectivity index (χ0n) is 23.0. The fourth-order valence-corrected chi connectivity index (χ4v) is 8.44. The van der Waals surface area contributed by atoms with Crippen LogP contribution in [0.5, 0.6) is 5.75 Å². The number of carbonyl (C=O) groups excluding carboxylic acids is 1. The van der Waals surface area contributed by atoms with E-state index in [9.17, 15) is 18.3 Å². The maximum atomic E-state index is 13.1. The molecule has 1 aliphatic carbocycles. The number of phenols is 1. The van der Waals surface area contributed by atoms with Crippen LogP contribution in [0.2, 0.25) is 0 Å². The fourth-order valence-electron chi connectivity index (χ4n) is 6.45. The van der Waals surface area contributed by atoms with Crippen molar-refractivity contribution in [2.75, 3.05) is 11.5 Å². The number of ether oxygens (including phenoxy) is 1. The van der Waals surface area contributed by atoms with Gasteiger partial charge in [-0.15, -0.1) is 0 Å². The second-order valence-corrected chi connectivity index (χ2v) is 14.0. The molecule has 6 nitrogen and oxygen atoms in total. The molecular formula is C33H37NO5S. The minimum absolute atomic E-state index is 0.0122. The van der Waals surface area contributed by atoms with Gasteiger partial charge in [-0.1, -0.05) is 74.0 Å². The van der Waals surface area contributed by atoms with Crippen molar-refractivity contribution in [3.63, 3.8) is 0 Å². The van der Waals surface area contributed by atoms with Gasteiger partial charge < -0.3 is 9.84 Å². The van der Waals surface area contributed by atoms with E-state index in [1.807, 2.05) is 24.3 Å². The number of nitrogens with zero attached hydrogens (tertiary/aromatic N) is 1. The average Bonchev–Trinajstić information content (AvgIpc) is 3.72. The van der Waals surface area contributed by atoms with Crippen LogP contribution in [0.1, 0.15) is 65.5 Å². The number of hydrogen-bond acceptors (Lipinski definition) is 5. The Bertz CT molecular complexity index is 1510. The molecule has 3 aromatic rings. The highest BCUT2D eigenvalue weighted by Crippen LogP contribution is 2.41. The summed E-state index contributed by atoms with van der Waals surface area (Å²) in [6, 6.07) is 21.7. The summed E-state index contributed by atoms with van der Waals surface area (Å²) in [6.45, 7) is 2.51. The highest BCUT2D eigenvalue weighted by Gasteiger charge is 2.51. The normalized spacial score (nSPS) is 23.6. The first kappa shape index (κ1) is 26.9. The van der Waals surface area contributed by atoms with Crippen molar-refractivity contribution in [2.45, 2.75) is 70.1 Å². The number of fused-ring (bicyclic) bond motifs is 1. The summed E-state index contributed by atoms with van der Waals surface area (Å²) in [5.74, 6) is 0.401. The first-order valence-electron chi connectivity index (χ1n) is 14.4. The number of aromatic hydroxyl groups is 1. The lowest BCUT2D eigenvalue weighted by molar-refractivity contribution is 0.0970. The molecule has 3 aliphatic rings. The molecule has 0 aromatic heterocycles. The summed E-state index contributed by atoms with van der Waals surface area (Å²) >= 11 is 0. The minimum atomic E-state index is -3.37. The fraction of sp³-hybridized carbons (Fsp3) is 0.424. The van der Waals surface area contributed by atoms with Crippen LogP contribution in [0.25, 0.3) is 0 Å². The van der Waals surface area contributed by atoms with Crippen molar-refractivity contribution in [3.8, 4) is 5.75 Å². The Morgan fingerprint density at radius 1 is 0.925 bits per heavy atom. The van der Waals surface area contributed by atoms with Crippen LogP contribution in [0, 0.1) is 5.92 Å². The maximum Gasteiger partial charge on any atom is 0.410 e. The van der Waals surface area contributed by atoms with E-state index in [1.165, 1.54) is 24.0 Å². The van der Waals surface area contributed by atoms with Crippen LogP contribution in [0.4, 0.5) is 4.79 Å². The molecule has 3 atom stereocenters. The number of amides is 1. The third-order valence-electron chi connectivity index (χ3n) is 8.53. The van der Waals surface area contributed by atoms with Gasteiger partial charge in [0.15, 0.2) is 9.84 Å². The number of hydrogen-bond donors (Lipinski definition) is 1. The standard InChI is InChI=1S/C33H37NO5S/c1-2-5-22-6-3-7-23(14-22)15-28-16-24(10-13-31(28)35)17-29-20-40(37,38)21-30-32(29)39-33(36)34(30)19-25-8-4-9-27(18-25)26-11-12-26/h3-4,6-10,13-14,16,18,26,29-30,32,35H,2,5,11-12,15,17,19-21H2,1H3/t29-,30+,32+/m1/s1. The van der Waals surface area contributed by atoms with Crippen LogP contribution in [-0.2, 0) is 40.4 Å². The van der Waals surface area contributed by atoms with Gasteiger partial charge in [0.1, 0.15) is 11.9 Å². The molecule has 40 heavy (non-hydrogen) atoms. The molecule has 2 saturated heterocycles. The zero-order chi connectivity index (χ0) is 27.9. The summed E-state index contributed by atoms with van der Waals surface area (Å²) in [4.78, 5) is 14.7. The predicted molar refractivity (Wildman–Crippen MR) is 155 cm³/mol. The van der Waals surface area contributed by atoms with Gasteiger partial charge in [0, 0.05) is 18.9 Å². The molecule has 0 unspecified atom stereocenters. The van der Waals surface area contributed by atoms with Crippen molar-refractivity contribution in [1.82, 2.24) is 4.90 Å². The van der Waals surface area contributed by atoms with E-state index in [4.69, 9.17) is 4.74 Å². The monoisotopic (exact) mass is 559 g/mol. The molecule has 0 bridgehead atoms. The second kappa shape index (κ2) is 10.9. The first-order valence-corrected chi connectivity index (χ1v) is 16.2. The Morgan fingerprint density at radius 2 is 1.70 bits per heavy atom. The van der Waals surface area contributed by atoms with Crippen LogP contribution in [-0.4, -0.2) is 48.2 Å². The van der Waals surface area contributed by atoms with Crippen molar-refractivity contribution in [2.24, 2.45) is 5.92 Å². The quantitative estimate of drug-likeness (QED) is 0.359. The molecular weight excluding hydrogens is 522 g/mol. The van der Waals surface area contributed by atoms with Gasteiger partial charge in [-0.2, -0.15) is 0 Å². The number of phenolic OH excluding ortho intramolecular Hbond substituents is 1. The Balaban J connectivity index is 1.20. The Kier molecular flexibility index (Phi) is 7.34. The Hall–Kier alpha value is -3.32. The van der Waals surface area contributed by atoms with Crippen LogP contribution >= 0.6 is 0 Å². The third kappa shape index (κ3) is 5.90. The molecule has 7 heteroatoms. The van der Waals surface area contributed by atoms with Crippen LogP contribution < -0.4 is 0 Å². The van der Waals surface area contributed by atoms with Gasteiger partial charge in [0.05, 0.1) is 17.5 Å². The van der Waals surface area contributed by atoms with E-state index in [1.54, 1.807) is 11.0 Å².